The second-order valence-corrected chi connectivity index (χ2v) is 8.14. The van der Waals surface area contributed by atoms with E-state index in [0.29, 0.717) is 23.1 Å². The van der Waals surface area contributed by atoms with Crippen LogP contribution in [0.15, 0.2) is 51.6 Å². The number of nitro groups is 1. The summed E-state index contributed by atoms with van der Waals surface area (Å²) < 4.78 is 26.3. The zero-order valence-corrected chi connectivity index (χ0v) is 14.2. The normalized spacial score (nSPS) is 15.5. The van der Waals surface area contributed by atoms with Gasteiger partial charge in [0.2, 0.25) is 10.0 Å². The van der Waals surface area contributed by atoms with Crippen molar-refractivity contribution < 1.29 is 13.3 Å². The van der Waals surface area contributed by atoms with Crippen LogP contribution < -0.4 is 0 Å². The molecule has 10 heteroatoms. The van der Waals surface area contributed by atoms with Crippen molar-refractivity contribution in [2.75, 3.05) is 13.1 Å². The molecule has 2 aromatic heterocycles. The van der Waals surface area contributed by atoms with E-state index in [9.17, 15) is 18.5 Å². The highest BCUT2D eigenvalue weighted by molar-refractivity contribution is 7.99. The molecule has 1 aliphatic rings. The molecule has 0 bridgehead atoms. The van der Waals surface area contributed by atoms with E-state index in [1.54, 1.807) is 6.07 Å². The predicted molar refractivity (Wildman–Crippen MR) is 87.2 cm³/mol. The standard InChI is InChI=1S/C14H14N4O4S2/c19-18(20)11-3-5-13(15-9-11)23-14-6-4-12(10-16-14)24(21,22)17-7-1-2-8-17/h3-6,9-10H,1-2,7-8H2. The molecule has 0 spiro atoms. The molecule has 126 valence electrons. The number of nitrogens with zero attached hydrogens (tertiary/aromatic N) is 4. The molecule has 0 amide bonds. The maximum atomic E-state index is 12.4. The summed E-state index contributed by atoms with van der Waals surface area (Å²) >= 11 is 1.21. The van der Waals surface area contributed by atoms with Crippen LogP contribution in [0.4, 0.5) is 5.69 Å². The Bertz CT molecular complexity index is 832. The van der Waals surface area contributed by atoms with Gasteiger partial charge in [0.15, 0.2) is 0 Å². The number of sulfonamides is 1. The van der Waals surface area contributed by atoms with E-state index >= 15 is 0 Å². The maximum Gasteiger partial charge on any atom is 0.287 e. The largest absolute Gasteiger partial charge is 0.287 e. The average molecular weight is 366 g/mol. The van der Waals surface area contributed by atoms with Gasteiger partial charge in [-0.1, -0.05) is 11.8 Å². The minimum absolute atomic E-state index is 0.0839. The van der Waals surface area contributed by atoms with Gasteiger partial charge in [0.05, 0.1) is 4.92 Å². The molecule has 0 N–H and O–H groups in total. The van der Waals surface area contributed by atoms with Crippen LogP contribution in [0.5, 0.6) is 0 Å². The summed E-state index contributed by atoms with van der Waals surface area (Å²) in [5, 5.41) is 11.7. The first-order valence-electron chi connectivity index (χ1n) is 7.21. The summed E-state index contributed by atoms with van der Waals surface area (Å²) in [6, 6.07) is 6.02. The van der Waals surface area contributed by atoms with E-state index < -0.39 is 14.9 Å². The highest BCUT2D eigenvalue weighted by atomic mass is 32.2. The molecule has 1 aliphatic heterocycles. The summed E-state index contributed by atoms with van der Waals surface area (Å²) in [4.78, 5) is 18.4. The van der Waals surface area contributed by atoms with Crippen molar-refractivity contribution >= 4 is 27.5 Å². The third-order valence-corrected chi connectivity index (χ3v) is 6.34. The smallest absolute Gasteiger partial charge is 0.258 e. The molecule has 0 atom stereocenters. The molecule has 8 nitrogen and oxygen atoms in total. The summed E-state index contributed by atoms with van der Waals surface area (Å²) in [7, 11) is -3.47. The van der Waals surface area contributed by atoms with E-state index in [1.165, 1.54) is 46.7 Å². The zero-order valence-electron chi connectivity index (χ0n) is 12.5. The van der Waals surface area contributed by atoms with Crippen molar-refractivity contribution in [3.63, 3.8) is 0 Å². The minimum Gasteiger partial charge on any atom is -0.258 e. The van der Waals surface area contributed by atoms with E-state index in [4.69, 9.17) is 0 Å². The summed E-state index contributed by atoms with van der Waals surface area (Å²) in [5.74, 6) is 0. The third kappa shape index (κ3) is 3.55. The van der Waals surface area contributed by atoms with Gasteiger partial charge in [-0.2, -0.15) is 4.31 Å². The lowest BCUT2D eigenvalue weighted by atomic mass is 10.4. The monoisotopic (exact) mass is 366 g/mol. The third-order valence-electron chi connectivity index (χ3n) is 3.55. The topological polar surface area (TPSA) is 106 Å². The Kier molecular flexibility index (Phi) is 4.78. The van der Waals surface area contributed by atoms with Crippen LogP contribution in [0.2, 0.25) is 0 Å². The van der Waals surface area contributed by atoms with Gasteiger partial charge in [-0.05, 0) is 31.0 Å². The first kappa shape index (κ1) is 16.8. The second kappa shape index (κ2) is 6.83. The maximum absolute atomic E-state index is 12.4. The first-order chi connectivity index (χ1) is 11.5. The number of aromatic nitrogens is 2. The summed E-state index contributed by atoms with van der Waals surface area (Å²) in [6.07, 6.45) is 4.27. The Labute approximate surface area is 143 Å². The zero-order chi connectivity index (χ0) is 17.2. The van der Waals surface area contributed by atoms with E-state index in [-0.39, 0.29) is 10.6 Å². The van der Waals surface area contributed by atoms with Crippen LogP contribution in [0.1, 0.15) is 12.8 Å². The van der Waals surface area contributed by atoms with Crippen LogP contribution in [-0.2, 0) is 10.0 Å². The lowest BCUT2D eigenvalue weighted by molar-refractivity contribution is -0.385. The summed E-state index contributed by atoms with van der Waals surface area (Å²) in [5.41, 5.74) is -0.0839. The highest BCUT2D eigenvalue weighted by Crippen LogP contribution is 2.27. The fraction of sp³-hybridized carbons (Fsp3) is 0.286. The second-order valence-electron chi connectivity index (χ2n) is 5.16. The number of pyridine rings is 2. The van der Waals surface area contributed by atoms with E-state index in [1.807, 2.05) is 0 Å². The molecular weight excluding hydrogens is 352 g/mol. The quantitative estimate of drug-likeness (QED) is 0.590. The molecule has 1 saturated heterocycles. The number of rotatable bonds is 5. The van der Waals surface area contributed by atoms with Crippen molar-refractivity contribution in [3.05, 3.63) is 46.8 Å². The SMILES string of the molecule is O=[N+]([O-])c1ccc(Sc2ccc(S(=O)(=O)N3CCCC3)cn2)nc1. The highest BCUT2D eigenvalue weighted by Gasteiger charge is 2.27. The van der Waals surface area contributed by atoms with Gasteiger partial charge in [-0.15, -0.1) is 0 Å². The molecule has 0 radical (unpaired) electrons. The lowest BCUT2D eigenvalue weighted by Crippen LogP contribution is -2.27. The van der Waals surface area contributed by atoms with Gasteiger partial charge >= 0.3 is 0 Å². The molecule has 24 heavy (non-hydrogen) atoms. The molecule has 0 saturated carbocycles. The molecular formula is C14H14N4O4S2. The number of hydrogen-bond acceptors (Lipinski definition) is 7. The molecule has 1 fully saturated rings. The first-order valence-corrected chi connectivity index (χ1v) is 9.47. The van der Waals surface area contributed by atoms with Gasteiger partial charge in [0, 0.05) is 25.4 Å². The van der Waals surface area contributed by atoms with Crippen LogP contribution in [0.3, 0.4) is 0 Å². The Balaban J connectivity index is 1.73. The fourth-order valence-corrected chi connectivity index (χ4v) is 4.47. The van der Waals surface area contributed by atoms with Crippen molar-refractivity contribution in [2.24, 2.45) is 0 Å². The fourth-order valence-electron chi connectivity index (χ4n) is 2.31. The molecule has 3 rings (SSSR count). The Hall–Kier alpha value is -2.04. The van der Waals surface area contributed by atoms with Gasteiger partial charge in [0.1, 0.15) is 21.1 Å². The molecule has 3 heterocycles. The van der Waals surface area contributed by atoms with E-state index in [2.05, 4.69) is 9.97 Å². The molecule has 0 aliphatic carbocycles. The Morgan fingerprint density at radius 1 is 1.04 bits per heavy atom. The van der Waals surface area contributed by atoms with Crippen LogP contribution in [0, 0.1) is 10.1 Å². The summed E-state index contributed by atoms with van der Waals surface area (Å²) in [6.45, 7) is 1.09. The van der Waals surface area contributed by atoms with E-state index in [0.717, 1.165) is 12.8 Å². The number of hydrogen-bond donors (Lipinski definition) is 0. The molecule has 0 unspecified atom stereocenters. The average Bonchev–Trinajstić information content (AvgIpc) is 3.11. The molecule has 2 aromatic rings. The minimum atomic E-state index is -3.47. The molecule has 0 aromatic carbocycles. The van der Waals surface area contributed by atoms with Crippen molar-refractivity contribution in [1.29, 1.82) is 0 Å². The van der Waals surface area contributed by atoms with Crippen molar-refractivity contribution in [3.8, 4) is 0 Å². The predicted octanol–water partition coefficient (Wildman–Crippen LogP) is 2.32. The van der Waals surface area contributed by atoms with Gasteiger partial charge in [-0.3, -0.25) is 10.1 Å². The van der Waals surface area contributed by atoms with Crippen LogP contribution >= 0.6 is 11.8 Å². The van der Waals surface area contributed by atoms with Gasteiger partial charge in [0.25, 0.3) is 5.69 Å². The lowest BCUT2D eigenvalue weighted by Gasteiger charge is -2.15. The van der Waals surface area contributed by atoms with Crippen molar-refractivity contribution in [1.82, 2.24) is 14.3 Å². The van der Waals surface area contributed by atoms with Crippen LogP contribution in [-0.4, -0.2) is 40.7 Å². The van der Waals surface area contributed by atoms with Crippen molar-refractivity contribution in [2.45, 2.75) is 27.8 Å². The Morgan fingerprint density at radius 2 is 1.67 bits per heavy atom. The van der Waals surface area contributed by atoms with Crippen LogP contribution in [0.25, 0.3) is 0 Å². The van der Waals surface area contributed by atoms with Gasteiger partial charge < -0.3 is 0 Å². The Morgan fingerprint density at radius 3 is 2.17 bits per heavy atom. The van der Waals surface area contributed by atoms with Gasteiger partial charge in [-0.25, -0.2) is 18.4 Å².